The van der Waals surface area contributed by atoms with Crippen LogP contribution in [0, 0.1) is 11.3 Å². The monoisotopic (exact) mass is 254 g/mol. The van der Waals surface area contributed by atoms with E-state index in [0.717, 1.165) is 47.3 Å². The molecule has 0 amide bonds. The van der Waals surface area contributed by atoms with Gasteiger partial charge in [-0.25, -0.2) is 0 Å². The molecule has 0 radical (unpaired) electrons. The highest BCUT2D eigenvalue weighted by Gasteiger charge is 2.18. The van der Waals surface area contributed by atoms with Crippen LogP contribution in [-0.4, -0.2) is 4.98 Å². The Balaban J connectivity index is 2.17. The molecule has 1 aliphatic carbocycles. The van der Waals surface area contributed by atoms with Gasteiger partial charge in [0.15, 0.2) is 0 Å². The number of halogens is 1. The molecule has 0 saturated carbocycles. The van der Waals surface area contributed by atoms with Gasteiger partial charge in [0.25, 0.3) is 0 Å². The van der Waals surface area contributed by atoms with Crippen LogP contribution in [-0.2, 0) is 12.8 Å². The van der Waals surface area contributed by atoms with Crippen LogP contribution < -0.4 is 0 Å². The maximum atomic E-state index is 9.22. The molecule has 0 saturated heterocycles. The minimum absolute atomic E-state index is 0.688. The molecule has 88 valence electrons. The topological polar surface area (TPSA) is 36.7 Å². The van der Waals surface area contributed by atoms with E-state index in [-0.39, 0.29) is 0 Å². The molecule has 1 aliphatic rings. The number of pyridine rings is 1. The lowest BCUT2D eigenvalue weighted by Crippen LogP contribution is -1.95. The highest BCUT2D eigenvalue weighted by atomic mass is 35.5. The molecule has 1 aromatic carbocycles. The third-order valence-corrected chi connectivity index (χ3v) is 3.53. The fourth-order valence-corrected chi connectivity index (χ4v) is 2.63. The van der Waals surface area contributed by atoms with Gasteiger partial charge in [-0.2, -0.15) is 5.26 Å². The van der Waals surface area contributed by atoms with Gasteiger partial charge < -0.3 is 0 Å². The van der Waals surface area contributed by atoms with E-state index in [9.17, 15) is 5.26 Å². The van der Waals surface area contributed by atoms with Crippen molar-refractivity contribution in [3.05, 3.63) is 52.2 Å². The molecule has 0 fully saturated rings. The third-order valence-electron chi connectivity index (χ3n) is 3.29. The number of hydrogen-bond acceptors (Lipinski definition) is 2. The molecule has 2 nitrogen and oxygen atoms in total. The van der Waals surface area contributed by atoms with Crippen LogP contribution >= 0.6 is 11.6 Å². The molecule has 0 atom stereocenters. The maximum Gasteiger partial charge on any atom is 0.0996 e. The van der Waals surface area contributed by atoms with E-state index in [1.807, 2.05) is 30.3 Å². The van der Waals surface area contributed by atoms with E-state index < -0.39 is 0 Å². The van der Waals surface area contributed by atoms with E-state index >= 15 is 0 Å². The fourth-order valence-electron chi connectivity index (χ4n) is 2.44. The van der Waals surface area contributed by atoms with Crippen molar-refractivity contribution < 1.29 is 0 Å². The molecule has 1 heterocycles. The Morgan fingerprint density at radius 2 is 2.11 bits per heavy atom. The normalized spacial score (nSPS) is 13.1. The number of fused-ring (bicyclic) bond motifs is 1. The lowest BCUT2D eigenvalue weighted by molar-refractivity contribution is 0.899. The van der Waals surface area contributed by atoms with Gasteiger partial charge in [-0.3, -0.25) is 4.98 Å². The SMILES string of the molecule is N#Cc1cc(-c2cccc(Cl)c2)nc2c1CCC2. The number of aryl methyl sites for hydroxylation is 1. The largest absolute Gasteiger partial charge is 0.252 e. The number of hydrogen-bond donors (Lipinski definition) is 0. The van der Waals surface area contributed by atoms with Crippen molar-refractivity contribution in [3.8, 4) is 17.3 Å². The van der Waals surface area contributed by atoms with E-state index in [0.29, 0.717) is 5.02 Å². The van der Waals surface area contributed by atoms with Crippen molar-refractivity contribution in [2.75, 3.05) is 0 Å². The molecule has 0 unspecified atom stereocenters. The minimum Gasteiger partial charge on any atom is -0.252 e. The zero-order valence-electron chi connectivity index (χ0n) is 9.78. The molecule has 2 aromatic rings. The molecule has 1 aromatic heterocycles. The van der Waals surface area contributed by atoms with Gasteiger partial charge in [0.2, 0.25) is 0 Å². The van der Waals surface area contributed by atoms with E-state index in [1.54, 1.807) is 0 Å². The lowest BCUT2D eigenvalue weighted by atomic mass is 10.0. The van der Waals surface area contributed by atoms with Gasteiger partial charge in [0.1, 0.15) is 0 Å². The van der Waals surface area contributed by atoms with Gasteiger partial charge in [0.05, 0.1) is 17.3 Å². The summed E-state index contributed by atoms with van der Waals surface area (Å²) in [5, 5.41) is 9.91. The summed E-state index contributed by atoms with van der Waals surface area (Å²) in [5.41, 5.74) is 4.77. The van der Waals surface area contributed by atoms with Gasteiger partial charge in [-0.1, -0.05) is 23.7 Å². The molecule has 18 heavy (non-hydrogen) atoms. The summed E-state index contributed by atoms with van der Waals surface area (Å²) in [7, 11) is 0. The van der Waals surface area contributed by atoms with Crippen molar-refractivity contribution in [1.29, 1.82) is 5.26 Å². The van der Waals surface area contributed by atoms with Crippen LogP contribution in [0.4, 0.5) is 0 Å². The highest BCUT2D eigenvalue weighted by molar-refractivity contribution is 6.30. The Labute approximate surface area is 111 Å². The fraction of sp³-hybridized carbons (Fsp3) is 0.200. The lowest BCUT2D eigenvalue weighted by Gasteiger charge is -2.07. The van der Waals surface area contributed by atoms with Crippen molar-refractivity contribution in [1.82, 2.24) is 4.98 Å². The third kappa shape index (κ3) is 1.87. The first kappa shape index (κ1) is 11.3. The van der Waals surface area contributed by atoms with Crippen LogP contribution in [0.1, 0.15) is 23.2 Å². The number of nitriles is 1. The number of aromatic nitrogens is 1. The first-order chi connectivity index (χ1) is 8.78. The molecule has 3 rings (SSSR count). The maximum absolute atomic E-state index is 9.22. The van der Waals surface area contributed by atoms with Crippen molar-refractivity contribution in [2.24, 2.45) is 0 Å². The van der Waals surface area contributed by atoms with Crippen LogP contribution in [0.5, 0.6) is 0 Å². The summed E-state index contributed by atoms with van der Waals surface area (Å²) in [6, 6.07) is 11.7. The average molecular weight is 255 g/mol. The zero-order chi connectivity index (χ0) is 12.5. The molecule has 0 bridgehead atoms. The van der Waals surface area contributed by atoms with Crippen molar-refractivity contribution in [2.45, 2.75) is 19.3 Å². The molecular weight excluding hydrogens is 244 g/mol. The van der Waals surface area contributed by atoms with E-state index in [2.05, 4.69) is 11.1 Å². The Hall–Kier alpha value is -1.85. The summed E-state index contributed by atoms with van der Waals surface area (Å²) in [4.78, 5) is 4.66. The van der Waals surface area contributed by atoms with E-state index in [1.165, 1.54) is 0 Å². The molecular formula is C15H11ClN2. The van der Waals surface area contributed by atoms with Crippen LogP contribution in [0.15, 0.2) is 30.3 Å². The second-order valence-corrected chi connectivity index (χ2v) is 4.89. The Kier molecular flexibility index (Phi) is 2.77. The van der Waals surface area contributed by atoms with Crippen LogP contribution in [0.25, 0.3) is 11.3 Å². The summed E-state index contributed by atoms with van der Waals surface area (Å²) >= 11 is 5.99. The molecule has 3 heteroatoms. The second kappa shape index (κ2) is 4.44. The van der Waals surface area contributed by atoms with E-state index in [4.69, 9.17) is 11.6 Å². The Morgan fingerprint density at radius 3 is 2.89 bits per heavy atom. The molecule has 0 spiro atoms. The second-order valence-electron chi connectivity index (χ2n) is 4.46. The average Bonchev–Trinajstić information content (AvgIpc) is 2.85. The first-order valence-corrected chi connectivity index (χ1v) is 6.34. The summed E-state index contributed by atoms with van der Waals surface area (Å²) in [5.74, 6) is 0. The van der Waals surface area contributed by atoms with Crippen LogP contribution in [0.2, 0.25) is 5.02 Å². The summed E-state index contributed by atoms with van der Waals surface area (Å²) in [6.07, 6.45) is 3.04. The smallest absolute Gasteiger partial charge is 0.0996 e. The minimum atomic E-state index is 0.688. The molecule has 0 aliphatic heterocycles. The van der Waals surface area contributed by atoms with Crippen LogP contribution in [0.3, 0.4) is 0 Å². The van der Waals surface area contributed by atoms with Crippen molar-refractivity contribution in [3.63, 3.8) is 0 Å². The number of nitrogens with zero attached hydrogens (tertiary/aromatic N) is 2. The van der Waals surface area contributed by atoms with Gasteiger partial charge in [-0.05, 0) is 43.0 Å². The van der Waals surface area contributed by atoms with Gasteiger partial charge in [-0.15, -0.1) is 0 Å². The first-order valence-electron chi connectivity index (χ1n) is 5.97. The standard InChI is InChI=1S/C15H11ClN2/c16-12-4-1-3-10(7-12)15-8-11(9-17)13-5-2-6-14(13)18-15/h1,3-4,7-8H,2,5-6H2. The van der Waals surface area contributed by atoms with Gasteiger partial charge in [0, 0.05) is 16.3 Å². The number of benzene rings is 1. The highest BCUT2D eigenvalue weighted by Crippen LogP contribution is 2.29. The quantitative estimate of drug-likeness (QED) is 0.777. The Bertz CT molecular complexity index is 656. The predicted molar refractivity (Wildman–Crippen MR) is 71.4 cm³/mol. The molecule has 0 N–H and O–H groups in total. The summed E-state index contributed by atoms with van der Waals surface area (Å²) in [6.45, 7) is 0. The predicted octanol–water partition coefficient (Wildman–Crippen LogP) is 3.76. The van der Waals surface area contributed by atoms with Crippen molar-refractivity contribution >= 4 is 11.6 Å². The van der Waals surface area contributed by atoms with Gasteiger partial charge >= 0.3 is 0 Å². The zero-order valence-corrected chi connectivity index (χ0v) is 10.5. The summed E-state index contributed by atoms with van der Waals surface area (Å²) < 4.78 is 0. The Morgan fingerprint density at radius 1 is 1.22 bits per heavy atom. The number of rotatable bonds is 1.